The van der Waals surface area contributed by atoms with Crippen LogP contribution in [0.25, 0.3) is 0 Å². The van der Waals surface area contributed by atoms with E-state index in [-0.39, 0.29) is 18.1 Å². The van der Waals surface area contributed by atoms with Crippen LogP contribution in [0.5, 0.6) is 0 Å². The lowest BCUT2D eigenvalue weighted by atomic mass is 9.77. The summed E-state index contributed by atoms with van der Waals surface area (Å²) in [5, 5.41) is 0. The third kappa shape index (κ3) is 3.86. The third-order valence-electron chi connectivity index (χ3n) is 2.80. The van der Waals surface area contributed by atoms with Gasteiger partial charge in [-0.1, -0.05) is 12.1 Å². The van der Waals surface area contributed by atoms with Crippen LogP contribution < -0.4 is 5.46 Å². The maximum atomic E-state index is 12.7. The van der Waals surface area contributed by atoms with Crippen LogP contribution in [0.4, 0.5) is 26.3 Å². The van der Waals surface area contributed by atoms with E-state index in [0.717, 1.165) is 0 Å². The number of alkyl halides is 6. The first-order chi connectivity index (χ1) is 9.61. The summed E-state index contributed by atoms with van der Waals surface area (Å²) in [4.78, 5) is 0. The molecule has 1 aromatic rings. The van der Waals surface area contributed by atoms with Crippen LogP contribution in [0, 0.1) is 0 Å². The summed E-state index contributed by atoms with van der Waals surface area (Å²) in [7, 11) is -1.23. The minimum absolute atomic E-state index is 0.0739. The standard InChI is InChI=1S/C11H9BF6O2S/c1-21-9-5-19-12(20-9)8-3-6(10(13,14)15)2-7(4-8)11(16,17)18/h2-4,9H,5H2,1H3. The molecule has 2 nitrogen and oxygen atoms in total. The maximum Gasteiger partial charge on any atom is 0.494 e. The lowest BCUT2D eigenvalue weighted by Crippen LogP contribution is -2.34. The van der Waals surface area contributed by atoms with Crippen molar-refractivity contribution in [3.63, 3.8) is 0 Å². The number of hydrogen-bond donors (Lipinski definition) is 0. The Morgan fingerprint density at radius 1 is 1.05 bits per heavy atom. The molecule has 0 aliphatic carbocycles. The summed E-state index contributed by atoms with van der Waals surface area (Å²) in [5.41, 5.74) is -3.48. The number of hydrogen-bond acceptors (Lipinski definition) is 3. The van der Waals surface area contributed by atoms with Crippen LogP contribution >= 0.6 is 11.8 Å². The van der Waals surface area contributed by atoms with Crippen molar-refractivity contribution >= 4 is 24.3 Å². The van der Waals surface area contributed by atoms with E-state index in [4.69, 9.17) is 9.31 Å². The SMILES string of the molecule is CSC1COB(c2cc(C(F)(F)F)cc(C(F)(F)F)c2)O1. The fourth-order valence-electron chi connectivity index (χ4n) is 1.80. The molecule has 0 radical (unpaired) electrons. The summed E-state index contributed by atoms with van der Waals surface area (Å²) in [6.07, 6.45) is -8.06. The Kier molecular flexibility index (Phi) is 4.50. The second-order valence-electron chi connectivity index (χ2n) is 4.31. The molecule has 0 amide bonds. The van der Waals surface area contributed by atoms with Crippen LogP contribution in [-0.4, -0.2) is 25.4 Å². The van der Waals surface area contributed by atoms with Crippen molar-refractivity contribution in [2.45, 2.75) is 17.8 Å². The number of rotatable bonds is 2. The van der Waals surface area contributed by atoms with Gasteiger partial charge in [-0.15, -0.1) is 11.8 Å². The smallest absolute Gasteiger partial charge is 0.404 e. The molecule has 1 fully saturated rings. The lowest BCUT2D eigenvalue weighted by molar-refractivity contribution is -0.142. The molecule has 1 aromatic carbocycles. The second kappa shape index (κ2) is 5.73. The van der Waals surface area contributed by atoms with E-state index in [2.05, 4.69) is 0 Å². The molecule has 10 heteroatoms. The summed E-state index contributed by atoms with van der Waals surface area (Å²) >= 11 is 1.26. The highest BCUT2D eigenvalue weighted by Gasteiger charge is 2.40. The van der Waals surface area contributed by atoms with Gasteiger partial charge < -0.3 is 9.31 Å². The summed E-state index contributed by atoms with van der Waals surface area (Å²) in [5.74, 6) is 0. The average molecular weight is 330 g/mol. The fraction of sp³-hybridized carbons (Fsp3) is 0.455. The van der Waals surface area contributed by atoms with Gasteiger partial charge in [0.1, 0.15) is 5.44 Å². The van der Waals surface area contributed by atoms with E-state index >= 15 is 0 Å². The molecule has 0 aromatic heterocycles. The molecule has 2 rings (SSSR count). The van der Waals surface area contributed by atoms with Crippen molar-refractivity contribution in [2.24, 2.45) is 0 Å². The van der Waals surface area contributed by atoms with E-state index in [1.165, 1.54) is 11.8 Å². The molecule has 1 aliphatic heterocycles. The summed E-state index contributed by atoms with van der Waals surface area (Å²) in [6.45, 7) is 0.101. The quantitative estimate of drug-likeness (QED) is 0.613. The first-order valence-corrected chi connectivity index (χ1v) is 6.99. The Hall–Kier alpha value is -0.865. The van der Waals surface area contributed by atoms with E-state index in [0.29, 0.717) is 12.1 Å². The van der Waals surface area contributed by atoms with Gasteiger partial charge in [0.15, 0.2) is 0 Å². The Bertz CT molecular complexity index is 486. The van der Waals surface area contributed by atoms with Crippen molar-refractivity contribution in [1.29, 1.82) is 0 Å². The monoisotopic (exact) mass is 330 g/mol. The lowest BCUT2D eigenvalue weighted by Gasteiger charge is -2.15. The van der Waals surface area contributed by atoms with Crippen LogP contribution in [-0.2, 0) is 21.7 Å². The molecule has 1 heterocycles. The third-order valence-corrected chi connectivity index (χ3v) is 3.58. The van der Waals surface area contributed by atoms with Crippen LogP contribution in [0.3, 0.4) is 0 Å². The summed E-state index contributed by atoms with van der Waals surface area (Å²) < 4.78 is 86.6. The average Bonchev–Trinajstić information content (AvgIpc) is 2.85. The predicted molar refractivity (Wildman–Crippen MR) is 66.2 cm³/mol. The van der Waals surface area contributed by atoms with Crippen LogP contribution in [0.15, 0.2) is 18.2 Å². The van der Waals surface area contributed by atoms with Crippen molar-refractivity contribution in [3.05, 3.63) is 29.3 Å². The maximum absolute atomic E-state index is 12.7. The molecule has 1 aliphatic rings. The molecule has 0 bridgehead atoms. The first kappa shape index (κ1) is 16.5. The van der Waals surface area contributed by atoms with Crippen molar-refractivity contribution in [3.8, 4) is 0 Å². The van der Waals surface area contributed by atoms with Gasteiger partial charge in [0, 0.05) is 0 Å². The van der Waals surface area contributed by atoms with Gasteiger partial charge in [-0.2, -0.15) is 26.3 Å². The molecule has 0 spiro atoms. The molecular weight excluding hydrogens is 321 g/mol. The zero-order valence-corrected chi connectivity index (χ0v) is 11.4. The van der Waals surface area contributed by atoms with E-state index < -0.39 is 36.0 Å². The zero-order valence-electron chi connectivity index (χ0n) is 10.6. The molecule has 0 saturated carbocycles. The molecule has 1 saturated heterocycles. The van der Waals surface area contributed by atoms with Gasteiger partial charge in [-0.3, -0.25) is 0 Å². The minimum atomic E-state index is -4.88. The van der Waals surface area contributed by atoms with Gasteiger partial charge >= 0.3 is 19.5 Å². The Labute approximate surface area is 120 Å². The fourth-order valence-corrected chi connectivity index (χ4v) is 2.22. The Balaban J connectivity index is 2.41. The Morgan fingerprint density at radius 2 is 1.57 bits per heavy atom. The largest absolute Gasteiger partial charge is 0.494 e. The van der Waals surface area contributed by atoms with Crippen molar-refractivity contribution < 1.29 is 35.7 Å². The number of benzene rings is 1. The predicted octanol–water partition coefficient (Wildman–Crippen LogP) is 3.16. The van der Waals surface area contributed by atoms with Crippen LogP contribution in [0.2, 0.25) is 0 Å². The van der Waals surface area contributed by atoms with Crippen molar-refractivity contribution in [2.75, 3.05) is 12.9 Å². The topological polar surface area (TPSA) is 18.5 Å². The Morgan fingerprint density at radius 3 is 1.95 bits per heavy atom. The summed E-state index contributed by atoms with van der Waals surface area (Å²) in [6, 6.07) is 1.30. The highest BCUT2D eigenvalue weighted by atomic mass is 32.2. The molecule has 21 heavy (non-hydrogen) atoms. The normalized spacial score (nSPS) is 20.1. The van der Waals surface area contributed by atoms with Gasteiger partial charge in [-0.05, 0) is 17.8 Å². The van der Waals surface area contributed by atoms with E-state index in [1.54, 1.807) is 6.26 Å². The number of thioether (sulfide) groups is 1. The van der Waals surface area contributed by atoms with Gasteiger partial charge in [-0.25, -0.2) is 0 Å². The van der Waals surface area contributed by atoms with Crippen molar-refractivity contribution in [1.82, 2.24) is 0 Å². The van der Waals surface area contributed by atoms with Gasteiger partial charge in [0.2, 0.25) is 0 Å². The molecule has 0 N–H and O–H groups in total. The van der Waals surface area contributed by atoms with E-state index in [1.807, 2.05) is 0 Å². The molecule has 116 valence electrons. The second-order valence-corrected chi connectivity index (χ2v) is 5.30. The van der Waals surface area contributed by atoms with Gasteiger partial charge in [0.25, 0.3) is 0 Å². The molecule has 1 unspecified atom stereocenters. The van der Waals surface area contributed by atoms with Crippen LogP contribution in [0.1, 0.15) is 11.1 Å². The molecule has 1 atom stereocenters. The minimum Gasteiger partial charge on any atom is -0.404 e. The zero-order chi connectivity index (χ0) is 15.8. The first-order valence-electron chi connectivity index (χ1n) is 5.70. The highest BCUT2D eigenvalue weighted by molar-refractivity contribution is 7.99. The molecular formula is C11H9BF6O2S. The number of halogens is 6. The van der Waals surface area contributed by atoms with E-state index in [9.17, 15) is 26.3 Å². The van der Waals surface area contributed by atoms with Gasteiger partial charge in [0.05, 0.1) is 17.7 Å². The highest BCUT2D eigenvalue weighted by Crippen LogP contribution is 2.35.